The predicted octanol–water partition coefficient (Wildman–Crippen LogP) is 2.11. The van der Waals surface area contributed by atoms with Gasteiger partial charge in [-0.1, -0.05) is 13.3 Å². The molecule has 1 N–H and O–H groups in total. The first kappa shape index (κ1) is 15.5. The Balaban J connectivity index is 2.78. The molecule has 0 spiro atoms. The Morgan fingerprint density at radius 3 is 2.32 bits per heavy atom. The average Bonchev–Trinajstić information content (AvgIpc) is 2.33. The second-order valence-corrected chi connectivity index (χ2v) is 6.35. The van der Waals surface area contributed by atoms with Gasteiger partial charge in [-0.15, -0.1) is 0 Å². The molecule has 0 amide bonds. The van der Waals surface area contributed by atoms with Gasteiger partial charge in [-0.2, -0.15) is 0 Å². The van der Waals surface area contributed by atoms with Crippen molar-refractivity contribution in [2.45, 2.75) is 37.2 Å². The van der Waals surface area contributed by atoms with Crippen LogP contribution in [0.3, 0.4) is 0 Å². The number of hydrogen-bond donors (Lipinski definition) is 1. The maximum atomic E-state index is 11.3. The van der Waals surface area contributed by atoms with Gasteiger partial charge < -0.3 is 9.84 Å². The van der Waals surface area contributed by atoms with Crippen LogP contribution in [-0.2, 0) is 14.6 Å². The molecule has 19 heavy (non-hydrogen) atoms. The summed E-state index contributed by atoms with van der Waals surface area (Å²) < 4.78 is 27.9. The van der Waals surface area contributed by atoms with Gasteiger partial charge in [0.25, 0.3) is 0 Å². The summed E-state index contributed by atoms with van der Waals surface area (Å²) in [6, 6.07) is 5.75. The summed E-state index contributed by atoms with van der Waals surface area (Å²) in [5.41, 5.74) is 0. The van der Waals surface area contributed by atoms with Crippen molar-refractivity contribution in [3.63, 3.8) is 0 Å². The maximum absolute atomic E-state index is 11.3. The highest BCUT2D eigenvalue weighted by Crippen LogP contribution is 2.18. The van der Waals surface area contributed by atoms with Crippen LogP contribution >= 0.6 is 0 Å². The molecule has 1 aromatic carbocycles. The van der Waals surface area contributed by atoms with E-state index in [4.69, 9.17) is 9.84 Å². The number of unbranched alkanes of at least 4 members (excludes halogenated alkanes) is 1. The van der Waals surface area contributed by atoms with Gasteiger partial charge in [-0.3, -0.25) is 0 Å². The van der Waals surface area contributed by atoms with Crippen molar-refractivity contribution in [2.75, 3.05) is 6.26 Å². The molecule has 0 unspecified atom stereocenters. The van der Waals surface area contributed by atoms with E-state index in [0.717, 1.165) is 19.1 Å². The fourth-order valence-corrected chi connectivity index (χ4v) is 2.18. The molecule has 5 nitrogen and oxygen atoms in total. The first-order valence-corrected chi connectivity index (χ1v) is 7.93. The molecule has 0 aliphatic rings. The largest absolute Gasteiger partial charge is 0.479 e. The van der Waals surface area contributed by atoms with Gasteiger partial charge in [0.05, 0.1) is 4.90 Å². The van der Waals surface area contributed by atoms with E-state index in [1.807, 2.05) is 6.92 Å². The second-order valence-electron chi connectivity index (χ2n) is 4.33. The number of carboxylic acids is 1. The molecule has 0 aliphatic carbocycles. The lowest BCUT2D eigenvalue weighted by atomic mass is 10.1. The van der Waals surface area contributed by atoms with Crippen LogP contribution in [0.25, 0.3) is 0 Å². The van der Waals surface area contributed by atoms with Crippen LogP contribution in [0.4, 0.5) is 0 Å². The molecule has 0 saturated heterocycles. The number of rotatable bonds is 7. The standard InChI is InChI=1S/C13H18O5S/c1-3-4-5-12(13(14)15)18-10-6-8-11(9-7-10)19(2,16)17/h6-9,12H,3-5H2,1-2H3,(H,14,15)/t12-/m0/s1. The van der Waals surface area contributed by atoms with Crippen molar-refractivity contribution >= 4 is 15.8 Å². The number of sulfone groups is 1. The van der Waals surface area contributed by atoms with Crippen LogP contribution in [0, 0.1) is 0 Å². The Bertz CT molecular complexity index is 518. The molecule has 1 aromatic rings. The summed E-state index contributed by atoms with van der Waals surface area (Å²) in [5, 5.41) is 9.02. The Morgan fingerprint density at radius 1 is 1.32 bits per heavy atom. The molecule has 0 aliphatic heterocycles. The van der Waals surface area contributed by atoms with Gasteiger partial charge in [-0.05, 0) is 37.1 Å². The van der Waals surface area contributed by atoms with Crippen LogP contribution in [-0.4, -0.2) is 31.9 Å². The summed E-state index contributed by atoms with van der Waals surface area (Å²) in [7, 11) is -3.25. The van der Waals surface area contributed by atoms with Gasteiger partial charge in [0.1, 0.15) is 5.75 Å². The Morgan fingerprint density at radius 2 is 1.89 bits per heavy atom. The van der Waals surface area contributed by atoms with Crippen molar-refractivity contribution in [3.8, 4) is 5.75 Å². The van der Waals surface area contributed by atoms with Gasteiger partial charge in [0, 0.05) is 6.26 Å². The number of ether oxygens (including phenoxy) is 1. The average molecular weight is 286 g/mol. The lowest BCUT2D eigenvalue weighted by Gasteiger charge is -2.14. The highest BCUT2D eigenvalue weighted by atomic mass is 32.2. The van der Waals surface area contributed by atoms with Crippen LogP contribution in [0.5, 0.6) is 5.75 Å². The number of benzene rings is 1. The van der Waals surface area contributed by atoms with Gasteiger partial charge in [0.2, 0.25) is 0 Å². The molecule has 0 aromatic heterocycles. The zero-order valence-corrected chi connectivity index (χ0v) is 11.8. The molecule has 0 bridgehead atoms. The molecule has 0 heterocycles. The van der Waals surface area contributed by atoms with E-state index in [-0.39, 0.29) is 4.90 Å². The Kier molecular flexibility index (Phi) is 5.35. The lowest BCUT2D eigenvalue weighted by molar-refractivity contribution is -0.145. The molecule has 0 saturated carbocycles. The summed E-state index contributed by atoms with van der Waals surface area (Å²) in [6.07, 6.45) is 2.30. The van der Waals surface area contributed by atoms with Crippen LogP contribution in [0.1, 0.15) is 26.2 Å². The SMILES string of the molecule is CCCC[C@H](Oc1ccc(S(C)(=O)=O)cc1)C(=O)O. The third kappa shape index (κ3) is 4.90. The number of aliphatic carboxylic acids is 1. The van der Waals surface area contributed by atoms with E-state index in [1.165, 1.54) is 24.3 Å². The summed E-state index contributed by atoms with van der Waals surface area (Å²) in [5.74, 6) is -0.656. The molecular formula is C13H18O5S. The monoisotopic (exact) mass is 286 g/mol. The fraction of sp³-hybridized carbons (Fsp3) is 0.462. The highest BCUT2D eigenvalue weighted by Gasteiger charge is 2.18. The van der Waals surface area contributed by atoms with E-state index < -0.39 is 21.9 Å². The molecule has 6 heteroatoms. The van der Waals surface area contributed by atoms with Gasteiger partial charge in [-0.25, -0.2) is 13.2 Å². The van der Waals surface area contributed by atoms with Gasteiger partial charge in [0.15, 0.2) is 15.9 Å². The molecular weight excluding hydrogens is 268 g/mol. The second kappa shape index (κ2) is 6.56. The van der Waals surface area contributed by atoms with Crippen molar-refractivity contribution in [3.05, 3.63) is 24.3 Å². The molecule has 1 atom stereocenters. The normalized spacial score (nSPS) is 12.9. The van der Waals surface area contributed by atoms with E-state index in [9.17, 15) is 13.2 Å². The number of carbonyl (C=O) groups is 1. The minimum Gasteiger partial charge on any atom is -0.479 e. The third-order valence-electron chi connectivity index (χ3n) is 2.63. The van der Waals surface area contributed by atoms with Crippen LogP contribution < -0.4 is 4.74 Å². The maximum Gasteiger partial charge on any atom is 0.344 e. The van der Waals surface area contributed by atoms with Gasteiger partial charge >= 0.3 is 5.97 Å². The quantitative estimate of drug-likeness (QED) is 0.830. The summed E-state index contributed by atoms with van der Waals surface area (Å²) in [6.45, 7) is 1.97. The smallest absolute Gasteiger partial charge is 0.344 e. The zero-order valence-electron chi connectivity index (χ0n) is 11.0. The van der Waals surface area contributed by atoms with Crippen LogP contribution in [0.2, 0.25) is 0 Å². The van der Waals surface area contributed by atoms with Crippen molar-refractivity contribution in [1.82, 2.24) is 0 Å². The first-order valence-electron chi connectivity index (χ1n) is 6.04. The Labute approximate surface area is 113 Å². The number of hydrogen-bond acceptors (Lipinski definition) is 4. The van der Waals surface area contributed by atoms with E-state index in [0.29, 0.717) is 12.2 Å². The summed E-state index contributed by atoms with van der Waals surface area (Å²) >= 11 is 0. The van der Waals surface area contributed by atoms with E-state index in [1.54, 1.807) is 0 Å². The molecule has 0 fully saturated rings. The highest BCUT2D eigenvalue weighted by molar-refractivity contribution is 7.90. The minimum absolute atomic E-state index is 0.181. The van der Waals surface area contributed by atoms with Crippen molar-refractivity contribution < 1.29 is 23.1 Å². The molecule has 1 rings (SSSR count). The third-order valence-corrected chi connectivity index (χ3v) is 3.75. The topological polar surface area (TPSA) is 80.7 Å². The predicted molar refractivity (Wildman–Crippen MR) is 71.1 cm³/mol. The fourth-order valence-electron chi connectivity index (χ4n) is 1.55. The Hall–Kier alpha value is -1.56. The lowest BCUT2D eigenvalue weighted by Crippen LogP contribution is -2.26. The van der Waals surface area contributed by atoms with Crippen molar-refractivity contribution in [1.29, 1.82) is 0 Å². The van der Waals surface area contributed by atoms with Crippen molar-refractivity contribution in [2.24, 2.45) is 0 Å². The first-order chi connectivity index (χ1) is 8.84. The zero-order chi connectivity index (χ0) is 14.5. The molecule has 0 radical (unpaired) electrons. The van der Waals surface area contributed by atoms with E-state index >= 15 is 0 Å². The minimum atomic E-state index is -3.25. The van der Waals surface area contributed by atoms with E-state index in [2.05, 4.69) is 0 Å². The number of carboxylic acid groups (broad SMARTS) is 1. The van der Waals surface area contributed by atoms with Crippen LogP contribution in [0.15, 0.2) is 29.2 Å². The molecule has 106 valence electrons. The summed E-state index contributed by atoms with van der Waals surface area (Å²) in [4.78, 5) is 11.2.